The van der Waals surface area contributed by atoms with Gasteiger partial charge in [0.2, 0.25) is 5.91 Å². The summed E-state index contributed by atoms with van der Waals surface area (Å²) in [5, 5.41) is 3.44. The van der Waals surface area contributed by atoms with Gasteiger partial charge in [-0.1, -0.05) is 11.6 Å². The van der Waals surface area contributed by atoms with Crippen molar-refractivity contribution in [2.45, 2.75) is 24.6 Å². The average Bonchev–Trinajstić information content (AvgIpc) is 3.23. The summed E-state index contributed by atoms with van der Waals surface area (Å²) in [6, 6.07) is 11.1. The van der Waals surface area contributed by atoms with Gasteiger partial charge in [-0.3, -0.25) is 19.3 Å². The van der Waals surface area contributed by atoms with Crippen LogP contribution in [0.5, 0.6) is 0 Å². The Morgan fingerprint density at radius 1 is 1.03 bits per heavy atom. The highest BCUT2D eigenvalue weighted by Crippen LogP contribution is 2.39. The zero-order valence-electron chi connectivity index (χ0n) is 20.4. The summed E-state index contributed by atoms with van der Waals surface area (Å²) in [6.07, 6.45) is 0.696. The monoisotopic (exact) mass is 516 g/mol. The number of hydrogen-bond acceptors (Lipinski definition) is 5. The predicted molar refractivity (Wildman–Crippen MR) is 133 cm³/mol. The highest BCUT2D eigenvalue weighted by Gasteiger charge is 2.54. The fraction of sp³-hybridized carbons (Fsp3) is 0.423. The van der Waals surface area contributed by atoms with Gasteiger partial charge in [0.1, 0.15) is 17.6 Å². The zero-order chi connectivity index (χ0) is 25.9. The molecule has 0 bridgehead atoms. The summed E-state index contributed by atoms with van der Waals surface area (Å²) in [6.45, 7) is 1.83. The number of carbonyl (C=O) groups excluding carboxylic acids is 3. The molecule has 2 aliphatic rings. The molecule has 1 atom stereocenters. The van der Waals surface area contributed by atoms with E-state index in [4.69, 9.17) is 16.3 Å². The van der Waals surface area contributed by atoms with E-state index >= 15 is 0 Å². The minimum atomic E-state index is -1.04. The highest BCUT2D eigenvalue weighted by molar-refractivity contribution is 6.30. The Balaban J connectivity index is 1.54. The van der Waals surface area contributed by atoms with Crippen molar-refractivity contribution in [1.82, 2.24) is 20.0 Å². The first-order valence-electron chi connectivity index (χ1n) is 11.9. The molecule has 4 rings (SSSR count). The van der Waals surface area contributed by atoms with Gasteiger partial charge in [0.15, 0.2) is 0 Å². The van der Waals surface area contributed by atoms with Crippen LogP contribution in [0.3, 0.4) is 0 Å². The molecule has 10 heteroatoms. The van der Waals surface area contributed by atoms with Crippen LogP contribution in [0.1, 0.15) is 33.6 Å². The highest BCUT2D eigenvalue weighted by atomic mass is 35.5. The molecule has 3 amide bonds. The molecular formula is C26H30ClFN4O4. The molecule has 2 heterocycles. The summed E-state index contributed by atoms with van der Waals surface area (Å²) in [7, 11) is 3.81. The van der Waals surface area contributed by atoms with Crippen molar-refractivity contribution < 1.29 is 23.5 Å². The lowest BCUT2D eigenvalue weighted by atomic mass is 9.96. The average molecular weight is 517 g/mol. The minimum Gasteiger partial charge on any atom is -0.353 e. The van der Waals surface area contributed by atoms with Gasteiger partial charge in [-0.25, -0.2) is 4.39 Å². The van der Waals surface area contributed by atoms with Crippen molar-refractivity contribution in [3.8, 4) is 0 Å². The van der Waals surface area contributed by atoms with E-state index in [2.05, 4.69) is 5.32 Å². The van der Waals surface area contributed by atoms with Crippen LogP contribution in [0.15, 0.2) is 48.5 Å². The van der Waals surface area contributed by atoms with Gasteiger partial charge in [-0.15, -0.1) is 0 Å². The normalized spacial score (nSPS) is 19.1. The number of rotatable bonds is 6. The zero-order valence-corrected chi connectivity index (χ0v) is 21.1. The maximum absolute atomic E-state index is 13.6. The van der Waals surface area contributed by atoms with Crippen LogP contribution in [0, 0.1) is 5.82 Å². The third-order valence-electron chi connectivity index (χ3n) is 6.65. The van der Waals surface area contributed by atoms with Crippen molar-refractivity contribution in [2.24, 2.45) is 0 Å². The van der Waals surface area contributed by atoms with Crippen LogP contribution in [-0.4, -0.2) is 91.1 Å². The van der Waals surface area contributed by atoms with E-state index < -0.39 is 23.5 Å². The lowest BCUT2D eigenvalue weighted by Gasteiger charge is -2.44. The van der Waals surface area contributed by atoms with Crippen LogP contribution in [0.4, 0.5) is 4.39 Å². The number of benzene rings is 2. The SMILES string of the molecule is CN(C)CCNC(=O)C1COC2(CCN(C(=O)c3ccc(Cl)cc3)CC2)N1C(=O)c1ccc(F)cc1. The first kappa shape index (κ1) is 26.1. The lowest BCUT2D eigenvalue weighted by molar-refractivity contribution is -0.128. The predicted octanol–water partition coefficient (Wildman–Crippen LogP) is 2.63. The molecule has 0 radical (unpaired) electrons. The summed E-state index contributed by atoms with van der Waals surface area (Å²) in [5.41, 5.74) is -0.238. The van der Waals surface area contributed by atoms with E-state index in [1.54, 1.807) is 29.2 Å². The van der Waals surface area contributed by atoms with Crippen molar-refractivity contribution >= 4 is 29.3 Å². The van der Waals surface area contributed by atoms with Crippen molar-refractivity contribution in [2.75, 3.05) is 46.9 Å². The number of likely N-dealkylation sites (tertiary alicyclic amines) is 1. The third kappa shape index (κ3) is 5.53. The number of likely N-dealkylation sites (N-methyl/N-ethyl adjacent to an activating group) is 1. The number of nitrogens with one attached hydrogen (secondary N) is 1. The first-order chi connectivity index (χ1) is 17.2. The lowest BCUT2D eigenvalue weighted by Crippen LogP contribution is -2.60. The molecule has 1 spiro atoms. The molecular weight excluding hydrogens is 487 g/mol. The molecule has 192 valence electrons. The fourth-order valence-corrected chi connectivity index (χ4v) is 4.78. The molecule has 0 aromatic heterocycles. The molecule has 8 nitrogen and oxygen atoms in total. The fourth-order valence-electron chi connectivity index (χ4n) is 4.65. The van der Waals surface area contributed by atoms with Gasteiger partial charge in [0.25, 0.3) is 11.8 Å². The van der Waals surface area contributed by atoms with E-state index in [9.17, 15) is 18.8 Å². The quantitative estimate of drug-likeness (QED) is 0.638. The third-order valence-corrected chi connectivity index (χ3v) is 6.91. The van der Waals surface area contributed by atoms with E-state index in [0.29, 0.717) is 49.6 Å². The van der Waals surface area contributed by atoms with Crippen LogP contribution < -0.4 is 5.32 Å². The van der Waals surface area contributed by atoms with Crippen molar-refractivity contribution in [1.29, 1.82) is 0 Å². The Morgan fingerprint density at radius 2 is 1.61 bits per heavy atom. The van der Waals surface area contributed by atoms with E-state index in [-0.39, 0.29) is 24.0 Å². The molecule has 2 saturated heterocycles. The van der Waals surface area contributed by atoms with Gasteiger partial charge < -0.3 is 19.9 Å². The largest absolute Gasteiger partial charge is 0.353 e. The second-order valence-electron chi connectivity index (χ2n) is 9.35. The topological polar surface area (TPSA) is 82.2 Å². The second kappa shape index (κ2) is 10.9. The van der Waals surface area contributed by atoms with Gasteiger partial charge in [-0.05, 0) is 62.6 Å². The van der Waals surface area contributed by atoms with Crippen molar-refractivity contribution in [3.05, 3.63) is 70.5 Å². The molecule has 36 heavy (non-hydrogen) atoms. The van der Waals surface area contributed by atoms with Crippen LogP contribution in [0.25, 0.3) is 0 Å². The number of carbonyl (C=O) groups is 3. The van der Waals surface area contributed by atoms with Crippen molar-refractivity contribution in [3.63, 3.8) is 0 Å². The summed E-state index contributed by atoms with van der Waals surface area (Å²) in [5.74, 6) is -1.29. The van der Waals surface area contributed by atoms with Gasteiger partial charge in [0.05, 0.1) is 6.61 Å². The smallest absolute Gasteiger partial charge is 0.256 e. The number of halogens is 2. The molecule has 2 fully saturated rings. The molecule has 2 aromatic carbocycles. The molecule has 1 unspecified atom stereocenters. The number of hydrogen-bond donors (Lipinski definition) is 1. The first-order valence-corrected chi connectivity index (χ1v) is 12.3. The number of piperidine rings is 1. The number of ether oxygens (including phenoxy) is 1. The van der Waals surface area contributed by atoms with Gasteiger partial charge in [-0.2, -0.15) is 0 Å². The van der Waals surface area contributed by atoms with Gasteiger partial charge in [0, 0.05) is 55.2 Å². The summed E-state index contributed by atoms with van der Waals surface area (Å²) >= 11 is 5.94. The Morgan fingerprint density at radius 3 is 2.22 bits per heavy atom. The van der Waals surface area contributed by atoms with E-state index in [1.165, 1.54) is 29.2 Å². The minimum absolute atomic E-state index is 0.0475. The Bertz CT molecular complexity index is 1100. The Labute approximate surface area is 214 Å². The van der Waals surface area contributed by atoms with Gasteiger partial charge >= 0.3 is 0 Å². The van der Waals surface area contributed by atoms with Crippen LogP contribution in [0.2, 0.25) is 5.02 Å². The van der Waals surface area contributed by atoms with Crippen LogP contribution >= 0.6 is 11.6 Å². The molecule has 0 aliphatic carbocycles. The van der Waals surface area contributed by atoms with E-state index in [0.717, 1.165) is 0 Å². The maximum Gasteiger partial charge on any atom is 0.256 e. The standard InChI is InChI=1S/C26H30ClFN4O4/c1-30(2)16-13-29-23(33)22-17-36-26(32(22)25(35)19-5-9-21(28)10-6-19)11-14-31(15-12-26)24(34)18-3-7-20(27)8-4-18/h3-10,22H,11-17H2,1-2H3,(H,29,33). The molecule has 2 aromatic rings. The Kier molecular flexibility index (Phi) is 7.92. The van der Waals surface area contributed by atoms with Crippen LogP contribution in [-0.2, 0) is 9.53 Å². The second-order valence-corrected chi connectivity index (χ2v) is 9.78. The summed E-state index contributed by atoms with van der Waals surface area (Å²) < 4.78 is 19.7. The van der Waals surface area contributed by atoms with E-state index in [1.807, 2.05) is 19.0 Å². The Hall–Kier alpha value is -3.01. The number of nitrogens with zero attached hydrogens (tertiary/aromatic N) is 3. The molecule has 2 aliphatic heterocycles. The number of amides is 3. The maximum atomic E-state index is 13.6. The summed E-state index contributed by atoms with van der Waals surface area (Å²) in [4.78, 5) is 44.9. The molecule has 0 saturated carbocycles. The molecule has 1 N–H and O–H groups in total.